The number of carbonyl (C=O) groups is 3. The lowest BCUT2D eigenvalue weighted by Gasteiger charge is -2.48. The molecule has 1 rings (SSSR count). The minimum Gasteiger partial charge on any atom is -0.469 e. The number of hydrogen-bond donors (Lipinski definition) is 0. The van der Waals surface area contributed by atoms with Crippen molar-refractivity contribution in [1.29, 1.82) is 0 Å². The summed E-state index contributed by atoms with van der Waals surface area (Å²) in [7, 11) is 4.01. The molecule has 9 nitrogen and oxygen atoms in total. The summed E-state index contributed by atoms with van der Waals surface area (Å²) in [5, 5.41) is 0. The second-order valence-electron chi connectivity index (χ2n) is 12.8. The highest BCUT2D eigenvalue weighted by Gasteiger charge is 2.50. The van der Waals surface area contributed by atoms with Crippen molar-refractivity contribution in [3.05, 3.63) is 0 Å². The van der Waals surface area contributed by atoms with E-state index in [1.54, 1.807) is 27.7 Å². The van der Waals surface area contributed by atoms with Gasteiger partial charge in [-0.1, -0.05) is 68.2 Å². The van der Waals surface area contributed by atoms with E-state index in [0.717, 1.165) is 0 Å². The molecule has 9 heteroatoms. The zero-order chi connectivity index (χ0) is 31.2. The zero-order valence-electron chi connectivity index (χ0n) is 27.4. The summed E-state index contributed by atoms with van der Waals surface area (Å²) in [5.41, 5.74) is -3.07. The minimum absolute atomic E-state index is 0.0576. The van der Waals surface area contributed by atoms with Gasteiger partial charge in [0.15, 0.2) is 18.9 Å². The van der Waals surface area contributed by atoms with Crippen molar-refractivity contribution in [2.24, 2.45) is 21.7 Å². The van der Waals surface area contributed by atoms with Gasteiger partial charge in [-0.15, -0.1) is 0 Å². The molecule has 0 aromatic rings. The molecule has 1 aliphatic rings. The predicted molar refractivity (Wildman–Crippen MR) is 152 cm³/mol. The third-order valence-electron chi connectivity index (χ3n) is 5.95. The summed E-state index contributed by atoms with van der Waals surface area (Å²) < 4.78 is 33.2. The molecule has 0 amide bonds. The van der Waals surface area contributed by atoms with Crippen molar-refractivity contribution >= 4 is 17.9 Å². The summed E-state index contributed by atoms with van der Waals surface area (Å²) in [4.78, 5) is 36.6. The summed E-state index contributed by atoms with van der Waals surface area (Å²) in [6, 6.07) is 0. The van der Waals surface area contributed by atoms with E-state index < -0.39 is 52.5 Å². The number of methoxy groups -OCH3 is 3. The fourth-order valence-electron chi connectivity index (χ4n) is 4.19. The topological polar surface area (TPSA) is 107 Å². The molecule has 1 fully saturated rings. The van der Waals surface area contributed by atoms with Gasteiger partial charge in [-0.3, -0.25) is 14.4 Å². The Morgan fingerprint density at radius 3 is 1.38 bits per heavy atom. The Bertz CT molecular complexity index is 739. The van der Waals surface area contributed by atoms with Crippen LogP contribution in [0.2, 0.25) is 0 Å². The maximum Gasteiger partial charge on any atom is 0.311 e. The van der Waals surface area contributed by atoms with Gasteiger partial charge in [0.2, 0.25) is 0 Å². The van der Waals surface area contributed by atoms with Crippen LogP contribution in [-0.4, -0.2) is 58.1 Å². The van der Waals surface area contributed by atoms with Crippen LogP contribution in [-0.2, 0) is 42.8 Å². The average Bonchev–Trinajstić information content (AvgIpc) is 2.82. The molecule has 1 saturated heterocycles. The predicted octanol–water partition coefficient (Wildman–Crippen LogP) is 6.65. The summed E-state index contributed by atoms with van der Waals surface area (Å²) >= 11 is 0. The van der Waals surface area contributed by atoms with Crippen LogP contribution >= 0.6 is 0 Å². The first-order valence-corrected chi connectivity index (χ1v) is 13.9. The molecule has 0 aromatic heterocycles. The SMILES string of the molecule is CCC.CCC.COC(=O)CC(C)(C)C1OC(CC(C)(C)C(=O)OC)OC(C(C)(C)CC(C)(C)C(=O)OC)O1. The third-order valence-corrected chi connectivity index (χ3v) is 5.95. The second-order valence-corrected chi connectivity index (χ2v) is 12.8. The van der Waals surface area contributed by atoms with Gasteiger partial charge in [0.25, 0.3) is 0 Å². The van der Waals surface area contributed by atoms with E-state index in [4.69, 9.17) is 28.4 Å². The quantitative estimate of drug-likeness (QED) is 0.213. The largest absolute Gasteiger partial charge is 0.469 e. The molecule has 1 heterocycles. The van der Waals surface area contributed by atoms with Crippen molar-refractivity contribution in [2.75, 3.05) is 21.3 Å². The van der Waals surface area contributed by atoms with E-state index in [-0.39, 0.29) is 18.8 Å². The fourth-order valence-corrected chi connectivity index (χ4v) is 4.19. The fraction of sp³-hybridized carbons (Fsp3) is 0.900. The number of carbonyl (C=O) groups excluding carboxylic acids is 3. The number of ether oxygens (including phenoxy) is 6. The van der Waals surface area contributed by atoms with E-state index in [2.05, 4.69) is 27.7 Å². The molecule has 0 radical (unpaired) electrons. The van der Waals surface area contributed by atoms with Gasteiger partial charge in [-0.25, -0.2) is 0 Å². The Labute approximate surface area is 237 Å². The Balaban J connectivity index is 0. The maximum atomic E-state index is 12.3. The lowest BCUT2D eigenvalue weighted by Crippen LogP contribution is -2.54. The van der Waals surface area contributed by atoms with Gasteiger partial charge in [0.05, 0.1) is 38.6 Å². The Morgan fingerprint density at radius 2 is 1.00 bits per heavy atom. The molecule has 232 valence electrons. The molecule has 39 heavy (non-hydrogen) atoms. The first kappa shape index (κ1) is 39.4. The highest BCUT2D eigenvalue weighted by atomic mass is 16.9. The van der Waals surface area contributed by atoms with Crippen LogP contribution in [0.25, 0.3) is 0 Å². The third kappa shape index (κ3) is 13.5. The van der Waals surface area contributed by atoms with Crippen LogP contribution in [0.15, 0.2) is 0 Å². The molecule has 3 atom stereocenters. The van der Waals surface area contributed by atoms with Crippen molar-refractivity contribution in [3.8, 4) is 0 Å². The van der Waals surface area contributed by atoms with Crippen molar-refractivity contribution < 1.29 is 42.8 Å². The Kier molecular flexibility index (Phi) is 17.4. The Hall–Kier alpha value is -1.71. The number of rotatable bonds is 10. The van der Waals surface area contributed by atoms with E-state index in [1.807, 2.05) is 27.7 Å². The highest BCUT2D eigenvalue weighted by Crippen LogP contribution is 2.45. The molecule has 0 saturated carbocycles. The highest BCUT2D eigenvalue weighted by molar-refractivity contribution is 5.76. The lowest BCUT2D eigenvalue weighted by atomic mass is 9.74. The van der Waals surface area contributed by atoms with Crippen molar-refractivity contribution in [2.45, 2.75) is 134 Å². The average molecular weight is 563 g/mol. The molecule has 0 bridgehead atoms. The normalized spacial score (nSPS) is 19.9. The van der Waals surface area contributed by atoms with Crippen LogP contribution in [0.5, 0.6) is 0 Å². The Morgan fingerprint density at radius 1 is 0.615 bits per heavy atom. The van der Waals surface area contributed by atoms with E-state index in [9.17, 15) is 14.4 Å². The monoisotopic (exact) mass is 562 g/mol. The van der Waals surface area contributed by atoms with Gasteiger partial charge in [0, 0.05) is 17.3 Å². The molecular formula is C30H58O9. The van der Waals surface area contributed by atoms with E-state index >= 15 is 0 Å². The molecule has 3 unspecified atom stereocenters. The van der Waals surface area contributed by atoms with Gasteiger partial charge in [-0.2, -0.15) is 0 Å². The second kappa shape index (κ2) is 17.2. The summed E-state index contributed by atoms with van der Waals surface area (Å²) in [5.74, 6) is -1.13. The van der Waals surface area contributed by atoms with Crippen LogP contribution in [0.3, 0.4) is 0 Å². The molecule has 0 aromatic carbocycles. The standard InChI is InChI=1S/C24H42O9.2C3H8/c1-21(2,17(26)29-10)13-16-31-19(22(3,4)12-15(25)28-9)33-20(32-16)24(7,8)14-23(5,6)18(27)30-11;2*1-3-2/h16,19-20H,12-14H2,1-11H3;2*3H2,1-2H3. The van der Waals surface area contributed by atoms with Crippen molar-refractivity contribution in [1.82, 2.24) is 0 Å². The molecule has 0 N–H and O–H groups in total. The molecule has 0 aliphatic carbocycles. The van der Waals surface area contributed by atoms with Crippen LogP contribution in [0.1, 0.15) is 115 Å². The van der Waals surface area contributed by atoms with Gasteiger partial charge in [0.1, 0.15) is 0 Å². The van der Waals surface area contributed by atoms with Crippen molar-refractivity contribution in [3.63, 3.8) is 0 Å². The van der Waals surface area contributed by atoms with Gasteiger partial charge >= 0.3 is 17.9 Å². The van der Waals surface area contributed by atoms with Crippen LogP contribution in [0, 0.1) is 21.7 Å². The van der Waals surface area contributed by atoms with Gasteiger partial charge < -0.3 is 28.4 Å². The van der Waals surface area contributed by atoms with Gasteiger partial charge in [-0.05, 0) is 34.1 Å². The van der Waals surface area contributed by atoms with Crippen LogP contribution < -0.4 is 0 Å². The first-order valence-electron chi connectivity index (χ1n) is 13.9. The number of hydrogen-bond acceptors (Lipinski definition) is 9. The maximum absolute atomic E-state index is 12.3. The minimum atomic E-state index is -0.881. The molecule has 1 aliphatic heterocycles. The summed E-state index contributed by atoms with van der Waals surface area (Å²) in [6.07, 6.45) is 0.752. The first-order chi connectivity index (χ1) is 17.7. The van der Waals surface area contributed by atoms with Crippen LogP contribution in [0.4, 0.5) is 0 Å². The summed E-state index contributed by atoms with van der Waals surface area (Å²) in [6.45, 7) is 23.1. The lowest BCUT2D eigenvalue weighted by molar-refractivity contribution is -0.427. The van der Waals surface area contributed by atoms with E-state index in [0.29, 0.717) is 6.42 Å². The number of esters is 3. The zero-order valence-corrected chi connectivity index (χ0v) is 27.4. The molecule has 0 spiro atoms. The smallest absolute Gasteiger partial charge is 0.311 e. The van der Waals surface area contributed by atoms with E-state index in [1.165, 1.54) is 34.2 Å². The molecular weight excluding hydrogens is 504 g/mol.